The molecule has 0 spiro atoms. The summed E-state index contributed by atoms with van der Waals surface area (Å²) in [5.74, 6) is 0. The molecule has 0 radical (unpaired) electrons. The van der Waals surface area contributed by atoms with Gasteiger partial charge in [-0.15, -0.1) is 0 Å². The topological polar surface area (TPSA) is 41.3 Å². The molecular formula is C16H21N3O. The summed E-state index contributed by atoms with van der Waals surface area (Å²) >= 11 is 0. The Labute approximate surface area is 119 Å². The number of aliphatic hydroxyl groups is 1. The van der Waals surface area contributed by atoms with Gasteiger partial charge in [0.1, 0.15) is 5.60 Å². The van der Waals surface area contributed by atoms with Gasteiger partial charge in [-0.05, 0) is 18.9 Å². The predicted molar refractivity (Wildman–Crippen MR) is 78.2 cm³/mol. The molecule has 1 atom stereocenters. The molecule has 20 heavy (non-hydrogen) atoms. The number of rotatable bonds is 3. The van der Waals surface area contributed by atoms with Gasteiger partial charge in [-0.2, -0.15) is 5.10 Å². The number of likely N-dealkylation sites (tertiary alicyclic amines) is 1. The zero-order valence-corrected chi connectivity index (χ0v) is 12.1. The first-order chi connectivity index (χ1) is 9.55. The molecule has 0 aliphatic carbocycles. The number of hydrogen-bond acceptors (Lipinski definition) is 3. The van der Waals surface area contributed by atoms with Crippen LogP contribution in [0.1, 0.15) is 23.1 Å². The van der Waals surface area contributed by atoms with Crippen LogP contribution in [0.3, 0.4) is 0 Å². The zero-order chi connectivity index (χ0) is 14.2. The zero-order valence-electron chi connectivity index (χ0n) is 12.1. The Balaban J connectivity index is 1.70. The van der Waals surface area contributed by atoms with E-state index in [-0.39, 0.29) is 0 Å². The van der Waals surface area contributed by atoms with E-state index < -0.39 is 5.60 Å². The van der Waals surface area contributed by atoms with Gasteiger partial charge in [0, 0.05) is 38.4 Å². The number of β-amino-alcohol motifs (C(OH)–C–C–N with tert-alkyl or cyclic N) is 1. The van der Waals surface area contributed by atoms with Crippen LogP contribution in [-0.4, -0.2) is 32.9 Å². The van der Waals surface area contributed by atoms with Gasteiger partial charge in [0.2, 0.25) is 0 Å². The second-order valence-electron chi connectivity index (χ2n) is 5.88. The second-order valence-corrected chi connectivity index (χ2v) is 5.88. The summed E-state index contributed by atoms with van der Waals surface area (Å²) in [5.41, 5.74) is 2.73. The van der Waals surface area contributed by atoms with Crippen molar-refractivity contribution >= 4 is 0 Å². The Hall–Kier alpha value is -1.65. The minimum absolute atomic E-state index is 0.685. The molecule has 106 valence electrons. The lowest BCUT2D eigenvalue weighted by Crippen LogP contribution is -2.30. The van der Waals surface area contributed by atoms with Crippen molar-refractivity contribution in [2.75, 3.05) is 13.1 Å². The van der Waals surface area contributed by atoms with Gasteiger partial charge in [0.05, 0.1) is 6.20 Å². The van der Waals surface area contributed by atoms with Crippen LogP contribution in [0.2, 0.25) is 0 Å². The number of hydrogen-bond donors (Lipinski definition) is 1. The molecule has 1 unspecified atom stereocenters. The molecule has 1 aromatic carbocycles. The Morgan fingerprint density at radius 1 is 1.30 bits per heavy atom. The first kappa shape index (κ1) is 13.3. The van der Waals surface area contributed by atoms with E-state index in [9.17, 15) is 5.11 Å². The van der Waals surface area contributed by atoms with Gasteiger partial charge < -0.3 is 5.11 Å². The van der Waals surface area contributed by atoms with E-state index in [1.807, 2.05) is 36.3 Å². The summed E-state index contributed by atoms with van der Waals surface area (Å²) in [6, 6.07) is 8.22. The van der Waals surface area contributed by atoms with E-state index in [0.717, 1.165) is 25.1 Å². The van der Waals surface area contributed by atoms with E-state index in [4.69, 9.17) is 0 Å². The largest absolute Gasteiger partial charge is 0.384 e. The molecule has 1 N–H and O–H groups in total. The van der Waals surface area contributed by atoms with Crippen LogP contribution in [0.5, 0.6) is 0 Å². The van der Waals surface area contributed by atoms with Gasteiger partial charge in [-0.3, -0.25) is 9.58 Å². The monoisotopic (exact) mass is 271 g/mol. The van der Waals surface area contributed by atoms with Gasteiger partial charge in [0.25, 0.3) is 0 Å². The van der Waals surface area contributed by atoms with Crippen molar-refractivity contribution in [3.05, 3.63) is 53.3 Å². The number of aryl methyl sites for hydroxylation is 2. The molecule has 2 aromatic rings. The standard InChI is InChI=1S/C16H21N3O/c1-13-3-5-15(6-4-13)16(20)7-8-19(12-16)11-14-9-17-18(2)10-14/h3-6,9-10,20H,7-8,11-12H2,1-2H3. The van der Waals surface area contributed by atoms with E-state index >= 15 is 0 Å². The molecule has 0 amide bonds. The van der Waals surface area contributed by atoms with Crippen molar-refractivity contribution in [3.8, 4) is 0 Å². The molecule has 1 fully saturated rings. The summed E-state index contributed by atoms with van der Waals surface area (Å²) < 4.78 is 1.82. The van der Waals surface area contributed by atoms with E-state index in [2.05, 4.69) is 29.1 Å². The lowest BCUT2D eigenvalue weighted by Gasteiger charge is -2.24. The summed E-state index contributed by atoms with van der Waals surface area (Å²) in [5, 5.41) is 15.0. The highest BCUT2D eigenvalue weighted by atomic mass is 16.3. The maximum absolute atomic E-state index is 10.8. The predicted octanol–water partition coefficient (Wildman–Crippen LogP) is 1.82. The van der Waals surface area contributed by atoms with E-state index in [0.29, 0.717) is 6.54 Å². The third kappa shape index (κ3) is 2.62. The highest BCUT2D eigenvalue weighted by Gasteiger charge is 2.37. The smallest absolute Gasteiger partial charge is 0.103 e. The van der Waals surface area contributed by atoms with Crippen molar-refractivity contribution in [1.29, 1.82) is 0 Å². The SMILES string of the molecule is Cc1ccc(C2(O)CCN(Cc3cnn(C)c3)C2)cc1. The normalized spacial score (nSPS) is 23.4. The summed E-state index contributed by atoms with van der Waals surface area (Å²) in [6.45, 7) is 4.52. The van der Waals surface area contributed by atoms with E-state index in [1.54, 1.807) is 0 Å². The maximum Gasteiger partial charge on any atom is 0.103 e. The van der Waals surface area contributed by atoms with Crippen LogP contribution >= 0.6 is 0 Å². The quantitative estimate of drug-likeness (QED) is 0.926. The molecule has 1 aromatic heterocycles. The lowest BCUT2D eigenvalue weighted by molar-refractivity contribution is 0.0453. The highest BCUT2D eigenvalue weighted by molar-refractivity contribution is 5.28. The number of nitrogens with zero attached hydrogens (tertiary/aromatic N) is 3. The van der Waals surface area contributed by atoms with Gasteiger partial charge in [0.15, 0.2) is 0 Å². The first-order valence-corrected chi connectivity index (χ1v) is 7.05. The molecule has 4 heteroatoms. The Morgan fingerprint density at radius 2 is 2.05 bits per heavy atom. The average Bonchev–Trinajstić information content (AvgIpc) is 2.98. The molecule has 1 aliphatic heterocycles. The Kier molecular flexibility index (Phi) is 3.36. The van der Waals surface area contributed by atoms with Crippen molar-refractivity contribution in [2.45, 2.75) is 25.5 Å². The fourth-order valence-corrected chi connectivity index (χ4v) is 2.92. The van der Waals surface area contributed by atoms with Crippen molar-refractivity contribution < 1.29 is 5.11 Å². The van der Waals surface area contributed by atoms with E-state index in [1.165, 1.54) is 11.1 Å². The van der Waals surface area contributed by atoms with Crippen LogP contribution in [0, 0.1) is 6.92 Å². The van der Waals surface area contributed by atoms with Gasteiger partial charge in [-0.1, -0.05) is 29.8 Å². The molecular weight excluding hydrogens is 250 g/mol. The van der Waals surface area contributed by atoms with Crippen LogP contribution < -0.4 is 0 Å². The highest BCUT2D eigenvalue weighted by Crippen LogP contribution is 2.32. The van der Waals surface area contributed by atoms with Crippen LogP contribution in [0.15, 0.2) is 36.7 Å². The summed E-state index contributed by atoms with van der Waals surface area (Å²) in [4.78, 5) is 2.29. The van der Waals surface area contributed by atoms with Crippen LogP contribution in [-0.2, 0) is 19.2 Å². The second kappa shape index (κ2) is 5.04. The van der Waals surface area contributed by atoms with Crippen molar-refractivity contribution in [3.63, 3.8) is 0 Å². The minimum Gasteiger partial charge on any atom is -0.384 e. The molecule has 3 rings (SSSR count). The third-order valence-electron chi connectivity index (χ3n) is 4.08. The van der Waals surface area contributed by atoms with Crippen molar-refractivity contribution in [2.24, 2.45) is 7.05 Å². The fraction of sp³-hybridized carbons (Fsp3) is 0.438. The number of benzene rings is 1. The van der Waals surface area contributed by atoms with Crippen LogP contribution in [0.25, 0.3) is 0 Å². The number of aromatic nitrogens is 2. The van der Waals surface area contributed by atoms with Crippen LogP contribution in [0.4, 0.5) is 0 Å². The molecule has 1 aliphatic rings. The molecule has 2 heterocycles. The molecule has 0 saturated carbocycles. The Bertz CT molecular complexity index is 590. The molecule has 4 nitrogen and oxygen atoms in total. The third-order valence-corrected chi connectivity index (χ3v) is 4.08. The fourth-order valence-electron chi connectivity index (χ4n) is 2.92. The molecule has 1 saturated heterocycles. The lowest BCUT2D eigenvalue weighted by atomic mass is 9.92. The average molecular weight is 271 g/mol. The summed E-state index contributed by atoms with van der Waals surface area (Å²) in [7, 11) is 1.93. The minimum atomic E-state index is -0.712. The van der Waals surface area contributed by atoms with Crippen molar-refractivity contribution in [1.82, 2.24) is 14.7 Å². The first-order valence-electron chi connectivity index (χ1n) is 7.05. The summed E-state index contributed by atoms with van der Waals surface area (Å²) in [6.07, 6.45) is 4.71. The Morgan fingerprint density at radius 3 is 2.70 bits per heavy atom. The van der Waals surface area contributed by atoms with Gasteiger partial charge >= 0.3 is 0 Å². The maximum atomic E-state index is 10.8. The van der Waals surface area contributed by atoms with Gasteiger partial charge in [-0.25, -0.2) is 0 Å². The molecule has 0 bridgehead atoms.